The first kappa shape index (κ1) is 14.3. The summed E-state index contributed by atoms with van der Waals surface area (Å²) in [4.78, 5) is 0. The second-order valence-corrected chi connectivity index (χ2v) is 6.96. The van der Waals surface area contributed by atoms with Gasteiger partial charge >= 0.3 is 0 Å². The highest BCUT2D eigenvalue weighted by molar-refractivity contribution is 5.07. The van der Waals surface area contributed by atoms with Gasteiger partial charge in [0.25, 0.3) is 0 Å². The molecule has 0 aromatic rings. The fraction of sp³-hybridized carbons (Fsp3) is 1.00. The maximum atomic E-state index is 6.24. The summed E-state index contributed by atoms with van der Waals surface area (Å²) in [6, 6.07) is 0.367. The van der Waals surface area contributed by atoms with E-state index in [1.807, 2.05) is 0 Å². The standard InChI is InChI=1S/C15H29NO2/c1-14(2,3)18-10-9-17-13-11-12(16)15(13)7-5-4-6-8-15/h12-13H,4-11,16H2,1-3H3. The summed E-state index contributed by atoms with van der Waals surface area (Å²) in [5.41, 5.74) is 6.48. The van der Waals surface area contributed by atoms with Gasteiger partial charge in [0.1, 0.15) is 0 Å². The highest BCUT2D eigenvalue weighted by Crippen LogP contribution is 2.52. The molecule has 0 aromatic carbocycles. The Morgan fingerprint density at radius 1 is 1.11 bits per heavy atom. The van der Waals surface area contributed by atoms with Crippen LogP contribution in [-0.4, -0.2) is 31.0 Å². The van der Waals surface area contributed by atoms with E-state index >= 15 is 0 Å². The molecule has 2 rings (SSSR count). The van der Waals surface area contributed by atoms with E-state index in [0.29, 0.717) is 30.8 Å². The molecule has 3 nitrogen and oxygen atoms in total. The third-order valence-electron chi connectivity index (χ3n) is 4.57. The topological polar surface area (TPSA) is 44.5 Å². The van der Waals surface area contributed by atoms with Crippen molar-refractivity contribution in [2.75, 3.05) is 13.2 Å². The first-order valence-corrected chi connectivity index (χ1v) is 7.45. The molecule has 0 saturated heterocycles. The molecule has 2 aliphatic carbocycles. The van der Waals surface area contributed by atoms with Crippen molar-refractivity contribution < 1.29 is 9.47 Å². The molecule has 2 N–H and O–H groups in total. The fourth-order valence-electron chi connectivity index (χ4n) is 3.45. The van der Waals surface area contributed by atoms with Crippen molar-refractivity contribution in [1.29, 1.82) is 0 Å². The van der Waals surface area contributed by atoms with Gasteiger partial charge in [0.2, 0.25) is 0 Å². The SMILES string of the molecule is CC(C)(C)OCCOC1CC(N)C12CCCCC2. The van der Waals surface area contributed by atoms with Crippen LogP contribution in [0.2, 0.25) is 0 Å². The predicted molar refractivity (Wildman–Crippen MR) is 73.6 cm³/mol. The maximum absolute atomic E-state index is 6.24. The zero-order chi connectivity index (χ0) is 13.2. The Hall–Kier alpha value is -0.120. The van der Waals surface area contributed by atoms with Gasteiger partial charge in [-0.1, -0.05) is 19.3 Å². The molecule has 0 aromatic heterocycles. The molecule has 18 heavy (non-hydrogen) atoms. The minimum Gasteiger partial charge on any atom is -0.375 e. The van der Waals surface area contributed by atoms with Crippen LogP contribution in [0, 0.1) is 5.41 Å². The Bertz CT molecular complexity index is 266. The molecule has 2 atom stereocenters. The minimum atomic E-state index is -0.0676. The molecule has 3 heteroatoms. The van der Waals surface area contributed by atoms with E-state index in [4.69, 9.17) is 15.2 Å². The largest absolute Gasteiger partial charge is 0.375 e. The van der Waals surface area contributed by atoms with Crippen LogP contribution in [-0.2, 0) is 9.47 Å². The van der Waals surface area contributed by atoms with Crippen LogP contribution in [0.15, 0.2) is 0 Å². The average molecular weight is 255 g/mol. The van der Waals surface area contributed by atoms with Crippen LogP contribution >= 0.6 is 0 Å². The van der Waals surface area contributed by atoms with Gasteiger partial charge in [-0.25, -0.2) is 0 Å². The van der Waals surface area contributed by atoms with E-state index in [9.17, 15) is 0 Å². The highest BCUT2D eigenvalue weighted by Gasteiger charge is 2.53. The maximum Gasteiger partial charge on any atom is 0.0707 e. The lowest BCUT2D eigenvalue weighted by molar-refractivity contribution is -0.156. The molecule has 1 spiro atoms. The highest BCUT2D eigenvalue weighted by atomic mass is 16.5. The molecule has 2 fully saturated rings. The zero-order valence-electron chi connectivity index (χ0n) is 12.2. The predicted octanol–water partition coefficient (Wildman–Crippen LogP) is 2.87. The Morgan fingerprint density at radius 3 is 2.33 bits per heavy atom. The molecule has 0 bridgehead atoms. The van der Waals surface area contributed by atoms with Crippen molar-refractivity contribution in [3.8, 4) is 0 Å². The van der Waals surface area contributed by atoms with Gasteiger partial charge in [0.15, 0.2) is 0 Å². The number of ether oxygens (including phenoxy) is 2. The molecule has 0 radical (unpaired) electrons. The van der Waals surface area contributed by atoms with Crippen LogP contribution in [0.4, 0.5) is 0 Å². The number of nitrogens with two attached hydrogens (primary N) is 1. The Labute approximate surface area is 111 Å². The van der Waals surface area contributed by atoms with Gasteiger partial charge < -0.3 is 15.2 Å². The molecule has 0 amide bonds. The first-order valence-electron chi connectivity index (χ1n) is 7.45. The van der Waals surface area contributed by atoms with E-state index in [0.717, 1.165) is 6.42 Å². The molecule has 106 valence electrons. The van der Waals surface area contributed by atoms with Crippen LogP contribution in [0.25, 0.3) is 0 Å². The Kier molecular flexibility index (Phi) is 4.35. The quantitative estimate of drug-likeness (QED) is 0.786. The zero-order valence-corrected chi connectivity index (χ0v) is 12.2. The second kappa shape index (κ2) is 5.48. The fourth-order valence-corrected chi connectivity index (χ4v) is 3.45. The van der Waals surface area contributed by atoms with E-state index in [1.54, 1.807) is 0 Å². The van der Waals surface area contributed by atoms with Gasteiger partial charge in [-0.3, -0.25) is 0 Å². The molecular weight excluding hydrogens is 226 g/mol. The minimum absolute atomic E-state index is 0.0676. The summed E-state index contributed by atoms with van der Waals surface area (Å²) in [6.07, 6.45) is 7.97. The summed E-state index contributed by atoms with van der Waals surface area (Å²) < 4.78 is 11.7. The lowest BCUT2D eigenvalue weighted by Crippen LogP contribution is -2.63. The third kappa shape index (κ3) is 3.06. The second-order valence-electron chi connectivity index (χ2n) is 6.96. The summed E-state index contributed by atoms with van der Waals surface area (Å²) in [5, 5.41) is 0. The lowest BCUT2D eigenvalue weighted by Gasteiger charge is -2.56. The summed E-state index contributed by atoms with van der Waals surface area (Å²) in [5.74, 6) is 0. The number of hydrogen-bond donors (Lipinski definition) is 1. The average Bonchev–Trinajstić information content (AvgIpc) is 2.33. The van der Waals surface area contributed by atoms with Crippen molar-refractivity contribution in [1.82, 2.24) is 0 Å². The van der Waals surface area contributed by atoms with E-state index < -0.39 is 0 Å². The van der Waals surface area contributed by atoms with E-state index in [-0.39, 0.29) is 5.60 Å². The molecule has 2 saturated carbocycles. The number of hydrogen-bond acceptors (Lipinski definition) is 3. The molecule has 2 unspecified atom stereocenters. The van der Waals surface area contributed by atoms with E-state index in [2.05, 4.69) is 20.8 Å². The molecule has 0 heterocycles. The van der Waals surface area contributed by atoms with E-state index in [1.165, 1.54) is 32.1 Å². The number of rotatable bonds is 4. The van der Waals surface area contributed by atoms with Gasteiger partial charge in [-0.2, -0.15) is 0 Å². The van der Waals surface area contributed by atoms with Crippen LogP contribution in [0.5, 0.6) is 0 Å². The van der Waals surface area contributed by atoms with Gasteiger partial charge in [-0.05, 0) is 40.0 Å². The lowest BCUT2D eigenvalue weighted by atomic mass is 9.55. The van der Waals surface area contributed by atoms with Crippen molar-refractivity contribution >= 4 is 0 Å². The molecule has 2 aliphatic rings. The smallest absolute Gasteiger partial charge is 0.0707 e. The van der Waals surface area contributed by atoms with Gasteiger partial charge in [-0.15, -0.1) is 0 Å². The monoisotopic (exact) mass is 255 g/mol. The summed E-state index contributed by atoms with van der Waals surface area (Å²) in [6.45, 7) is 7.63. The summed E-state index contributed by atoms with van der Waals surface area (Å²) in [7, 11) is 0. The third-order valence-corrected chi connectivity index (χ3v) is 4.57. The molecular formula is C15H29NO2. The van der Waals surface area contributed by atoms with Crippen LogP contribution in [0.3, 0.4) is 0 Å². The normalized spacial score (nSPS) is 31.3. The van der Waals surface area contributed by atoms with Gasteiger partial charge in [0.05, 0.1) is 24.9 Å². The van der Waals surface area contributed by atoms with Crippen molar-refractivity contribution in [2.45, 2.75) is 77.0 Å². The first-order chi connectivity index (χ1) is 8.44. The van der Waals surface area contributed by atoms with Crippen molar-refractivity contribution in [2.24, 2.45) is 11.1 Å². The van der Waals surface area contributed by atoms with Crippen molar-refractivity contribution in [3.63, 3.8) is 0 Å². The van der Waals surface area contributed by atoms with Crippen molar-refractivity contribution in [3.05, 3.63) is 0 Å². The summed E-state index contributed by atoms with van der Waals surface area (Å²) >= 11 is 0. The Morgan fingerprint density at radius 2 is 1.78 bits per heavy atom. The van der Waals surface area contributed by atoms with Gasteiger partial charge in [0, 0.05) is 11.5 Å². The Balaban J connectivity index is 1.73. The van der Waals surface area contributed by atoms with Crippen LogP contribution < -0.4 is 5.73 Å². The molecule has 0 aliphatic heterocycles. The van der Waals surface area contributed by atoms with Crippen LogP contribution in [0.1, 0.15) is 59.3 Å².